The van der Waals surface area contributed by atoms with E-state index in [0.717, 1.165) is 36.9 Å². The first kappa shape index (κ1) is 13.0. The van der Waals surface area contributed by atoms with Crippen LogP contribution in [0.4, 0.5) is 0 Å². The third kappa shape index (κ3) is 3.33. The molecule has 0 atom stereocenters. The second-order valence-corrected chi connectivity index (χ2v) is 6.23. The number of hydrogen-bond donors (Lipinski definition) is 1. The van der Waals surface area contributed by atoms with Gasteiger partial charge in [0.15, 0.2) is 0 Å². The molecule has 0 amide bonds. The Morgan fingerprint density at radius 2 is 1.84 bits per heavy atom. The molecule has 1 N–H and O–H groups in total. The molecule has 1 aromatic rings. The van der Waals surface area contributed by atoms with Crippen molar-refractivity contribution in [3.05, 3.63) is 23.3 Å². The van der Waals surface area contributed by atoms with E-state index in [-0.39, 0.29) is 0 Å². The van der Waals surface area contributed by atoms with Crippen LogP contribution in [0.5, 0.6) is 0 Å². The second kappa shape index (κ2) is 6.00. The highest BCUT2D eigenvalue weighted by Gasteiger charge is 2.21. The largest absolute Gasteiger partial charge is 0.317 e. The van der Waals surface area contributed by atoms with E-state index in [1.807, 2.05) is 0 Å². The van der Waals surface area contributed by atoms with Crippen molar-refractivity contribution in [2.24, 2.45) is 5.92 Å². The van der Waals surface area contributed by atoms with Gasteiger partial charge in [0.25, 0.3) is 0 Å². The fourth-order valence-electron chi connectivity index (χ4n) is 3.52. The number of hydrogen-bond acceptors (Lipinski definition) is 3. The van der Waals surface area contributed by atoms with Crippen LogP contribution in [-0.2, 0) is 6.42 Å². The van der Waals surface area contributed by atoms with Gasteiger partial charge >= 0.3 is 0 Å². The first-order valence-electron chi connectivity index (χ1n) is 7.86. The Morgan fingerprint density at radius 1 is 1.11 bits per heavy atom. The number of rotatable bonds is 3. The van der Waals surface area contributed by atoms with Gasteiger partial charge in [-0.05, 0) is 57.7 Å². The molecule has 0 aromatic carbocycles. The summed E-state index contributed by atoms with van der Waals surface area (Å²) in [6, 6.07) is 2.21. The minimum absolute atomic E-state index is 0.702. The summed E-state index contributed by atoms with van der Waals surface area (Å²) in [5.41, 5.74) is 2.47. The van der Waals surface area contributed by atoms with E-state index in [0.29, 0.717) is 5.92 Å². The van der Waals surface area contributed by atoms with E-state index < -0.39 is 0 Å². The lowest BCUT2D eigenvalue weighted by atomic mass is 9.94. The fourth-order valence-corrected chi connectivity index (χ4v) is 3.52. The fraction of sp³-hybridized carbons (Fsp3) is 0.750. The predicted molar refractivity (Wildman–Crippen MR) is 77.3 cm³/mol. The van der Waals surface area contributed by atoms with Crippen LogP contribution in [0.2, 0.25) is 0 Å². The van der Waals surface area contributed by atoms with Gasteiger partial charge in [-0.15, -0.1) is 0 Å². The summed E-state index contributed by atoms with van der Waals surface area (Å²) in [6.45, 7) is 4.43. The van der Waals surface area contributed by atoms with E-state index in [1.54, 1.807) is 0 Å². The molecule has 0 bridgehead atoms. The van der Waals surface area contributed by atoms with Crippen LogP contribution >= 0.6 is 0 Å². The molecule has 3 heteroatoms. The molecule has 1 aromatic heterocycles. The maximum absolute atomic E-state index is 4.88. The SMILES string of the molecule is Cc1cc(C2CCCC2)nc(CC2CCNCC2)n1. The van der Waals surface area contributed by atoms with Crippen molar-refractivity contribution in [1.82, 2.24) is 15.3 Å². The number of aryl methyl sites for hydroxylation is 1. The molecule has 3 rings (SSSR count). The first-order valence-corrected chi connectivity index (χ1v) is 7.86. The standard InChI is InChI=1S/C16H25N3/c1-12-10-15(14-4-2-3-5-14)19-16(18-12)11-13-6-8-17-9-7-13/h10,13-14,17H,2-9,11H2,1H3. The lowest BCUT2D eigenvalue weighted by molar-refractivity contribution is 0.366. The van der Waals surface area contributed by atoms with E-state index in [4.69, 9.17) is 4.98 Å². The second-order valence-electron chi connectivity index (χ2n) is 6.23. The Morgan fingerprint density at radius 3 is 2.58 bits per heavy atom. The molecular weight excluding hydrogens is 234 g/mol. The monoisotopic (exact) mass is 259 g/mol. The van der Waals surface area contributed by atoms with Crippen LogP contribution < -0.4 is 5.32 Å². The molecule has 0 unspecified atom stereocenters. The van der Waals surface area contributed by atoms with Gasteiger partial charge in [0.1, 0.15) is 5.82 Å². The molecule has 2 fully saturated rings. The van der Waals surface area contributed by atoms with Gasteiger partial charge in [0.2, 0.25) is 0 Å². The molecule has 1 aliphatic heterocycles. The van der Waals surface area contributed by atoms with Crippen LogP contribution in [0, 0.1) is 12.8 Å². The van der Waals surface area contributed by atoms with Crippen molar-refractivity contribution < 1.29 is 0 Å². The zero-order valence-corrected chi connectivity index (χ0v) is 12.0. The smallest absolute Gasteiger partial charge is 0.129 e. The minimum atomic E-state index is 0.702. The van der Waals surface area contributed by atoms with E-state index in [1.165, 1.54) is 44.2 Å². The molecule has 1 aliphatic carbocycles. The Labute approximate surface area is 116 Å². The Bertz CT molecular complexity index is 418. The van der Waals surface area contributed by atoms with Crippen molar-refractivity contribution >= 4 is 0 Å². The molecule has 3 nitrogen and oxygen atoms in total. The van der Waals surface area contributed by atoms with E-state index in [2.05, 4.69) is 23.3 Å². The maximum atomic E-state index is 4.88. The van der Waals surface area contributed by atoms with Gasteiger partial charge in [-0.1, -0.05) is 12.8 Å². The zero-order chi connectivity index (χ0) is 13.1. The minimum Gasteiger partial charge on any atom is -0.317 e. The average Bonchev–Trinajstić information content (AvgIpc) is 2.93. The summed E-state index contributed by atoms with van der Waals surface area (Å²) in [4.78, 5) is 9.55. The molecular formula is C16H25N3. The molecule has 1 saturated carbocycles. The van der Waals surface area contributed by atoms with Crippen molar-refractivity contribution in [2.45, 2.75) is 57.8 Å². The van der Waals surface area contributed by atoms with Crippen molar-refractivity contribution in [1.29, 1.82) is 0 Å². The highest BCUT2D eigenvalue weighted by molar-refractivity contribution is 5.15. The highest BCUT2D eigenvalue weighted by atomic mass is 14.9. The lowest BCUT2D eigenvalue weighted by Crippen LogP contribution is -2.29. The van der Waals surface area contributed by atoms with Gasteiger partial charge in [-0.2, -0.15) is 0 Å². The third-order valence-corrected chi connectivity index (χ3v) is 4.62. The maximum Gasteiger partial charge on any atom is 0.129 e. The zero-order valence-electron chi connectivity index (χ0n) is 12.0. The van der Waals surface area contributed by atoms with Gasteiger partial charge < -0.3 is 5.32 Å². The molecule has 19 heavy (non-hydrogen) atoms. The summed E-state index contributed by atoms with van der Waals surface area (Å²) >= 11 is 0. The van der Waals surface area contributed by atoms with Gasteiger partial charge in [0, 0.05) is 23.7 Å². The summed E-state index contributed by atoms with van der Waals surface area (Å²) < 4.78 is 0. The Kier molecular flexibility index (Phi) is 4.12. The third-order valence-electron chi connectivity index (χ3n) is 4.62. The van der Waals surface area contributed by atoms with Crippen molar-refractivity contribution in [3.8, 4) is 0 Å². The topological polar surface area (TPSA) is 37.8 Å². The van der Waals surface area contributed by atoms with Gasteiger partial charge in [0.05, 0.1) is 0 Å². The first-order chi connectivity index (χ1) is 9.31. The lowest BCUT2D eigenvalue weighted by Gasteiger charge is -2.22. The molecule has 1 saturated heterocycles. The highest BCUT2D eigenvalue weighted by Crippen LogP contribution is 2.33. The molecule has 0 radical (unpaired) electrons. The molecule has 2 heterocycles. The van der Waals surface area contributed by atoms with Crippen LogP contribution in [-0.4, -0.2) is 23.1 Å². The van der Waals surface area contributed by atoms with Crippen molar-refractivity contribution in [2.75, 3.05) is 13.1 Å². The predicted octanol–water partition coefficient (Wildman–Crippen LogP) is 2.98. The normalized spacial score (nSPS) is 21.9. The molecule has 104 valence electrons. The molecule has 0 spiro atoms. The van der Waals surface area contributed by atoms with Crippen molar-refractivity contribution in [3.63, 3.8) is 0 Å². The number of aromatic nitrogens is 2. The summed E-state index contributed by atoms with van der Waals surface area (Å²) in [7, 11) is 0. The van der Waals surface area contributed by atoms with E-state index >= 15 is 0 Å². The van der Waals surface area contributed by atoms with Crippen LogP contribution in [0.1, 0.15) is 61.7 Å². The van der Waals surface area contributed by atoms with Crippen LogP contribution in [0.25, 0.3) is 0 Å². The number of nitrogens with zero attached hydrogens (tertiary/aromatic N) is 2. The molecule has 2 aliphatic rings. The Balaban J connectivity index is 1.73. The van der Waals surface area contributed by atoms with Gasteiger partial charge in [-0.25, -0.2) is 9.97 Å². The summed E-state index contributed by atoms with van der Waals surface area (Å²) in [5.74, 6) is 2.57. The van der Waals surface area contributed by atoms with Crippen LogP contribution in [0.3, 0.4) is 0 Å². The Hall–Kier alpha value is -0.960. The van der Waals surface area contributed by atoms with Crippen LogP contribution in [0.15, 0.2) is 6.07 Å². The average molecular weight is 259 g/mol. The number of nitrogens with one attached hydrogen (secondary N) is 1. The number of piperidine rings is 1. The van der Waals surface area contributed by atoms with E-state index in [9.17, 15) is 0 Å². The summed E-state index contributed by atoms with van der Waals surface area (Å²) in [5, 5.41) is 3.43. The van der Waals surface area contributed by atoms with Gasteiger partial charge in [-0.3, -0.25) is 0 Å². The summed E-state index contributed by atoms with van der Waals surface area (Å²) in [6.07, 6.45) is 9.01. The quantitative estimate of drug-likeness (QED) is 0.907.